The quantitative estimate of drug-likeness (QED) is 0.181. The third kappa shape index (κ3) is 5.95. The van der Waals surface area contributed by atoms with E-state index in [-0.39, 0.29) is 24.5 Å². The van der Waals surface area contributed by atoms with E-state index in [1.165, 1.54) is 0 Å². The van der Waals surface area contributed by atoms with Crippen LogP contribution >= 0.6 is 0 Å². The highest BCUT2D eigenvalue weighted by atomic mass is 16.3. The zero-order valence-corrected chi connectivity index (χ0v) is 25.1. The molecule has 6 aromatic rings. The number of carbonyl (C=O) groups is 2. The number of benzene rings is 4. The first-order chi connectivity index (χ1) is 22.4. The number of fused-ring (bicyclic) bond motifs is 2. The van der Waals surface area contributed by atoms with Crippen molar-refractivity contribution < 1.29 is 19.8 Å². The van der Waals surface area contributed by atoms with E-state index in [4.69, 9.17) is 0 Å². The lowest BCUT2D eigenvalue weighted by Gasteiger charge is -2.31. The molecular weight excluding hydrogens is 580 g/mol. The van der Waals surface area contributed by atoms with Crippen molar-refractivity contribution in [3.63, 3.8) is 0 Å². The van der Waals surface area contributed by atoms with Crippen LogP contribution in [-0.4, -0.2) is 62.2 Å². The van der Waals surface area contributed by atoms with Crippen LogP contribution in [0, 0.1) is 0 Å². The van der Waals surface area contributed by atoms with E-state index in [1.807, 2.05) is 89.6 Å². The minimum absolute atomic E-state index is 0.0647. The average molecular weight is 615 g/mol. The number of hydrogen-bond acceptors (Lipinski definition) is 6. The number of nitrogens with zero attached hydrogens (tertiary/aromatic N) is 4. The highest BCUT2D eigenvalue weighted by molar-refractivity contribution is 6.06. The number of hydrogen-bond donors (Lipinski definition) is 4. The van der Waals surface area contributed by atoms with E-state index >= 15 is 0 Å². The van der Waals surface area contributed by atoms with Crippen molar-refractivity contribution in [2.45, 2.75) is 25.5 Å². The van der Waals surface area contributed by atoms with Crippen molar-refractivity contribution >= 4 is 50.7 Å². The molecule has 0 bridgehead atoms. The van der Waals surface area contributed by atoms with Gasteiger partial charge in [-0.3, -0.25) is 9.59 Å². The number of piperidine rings is 1. The molecule has 46 heavy (non-hydrogen) atoms. The van der Waals surface area contributed by atoms with Crippen LogP contribution in [0.3, 0.4) is 0 Å². The molecule has 0 saturated carbocycles. The lowest BCUT2D eigenvalue weighted by molar-refractivity contribution is 0.101. The Morgan fingerprint density at radius 3 is 1.96 bits per heavy atom. The molecule has 3 heterocycles. The fourth-order valence-corrected chi connectivity index (χ4v) is 6.01. The zero-order chi connectivity index (χ0) is 31.6. The van der Waals surface area contributed by atoms with Gasteiger partial charge in [-0.2, -0.15) is 5.10 Å². The minimum Gasteiger partial charge on any atom is -0.395 e. The molecule has 0 aliphatic carbocycles. The van der Waals surface area contributed by atoms with Gasteiger partial charge in [0.25, 0.3) is 11.8 Å². The molecule has 0 unspecified atom stereocenters. The summed E-state index contributed by atoms with van der Waals surface area (Å²) in [5.41, 5.74) is 6.17. The molecular formula is C36H34N6O4. The second-order valence-electron chi connectivity index (χ2n) is 11.6. The summed E-state index contributed by atoms with van der Waals surface area (Å²) in [4.78, 5) is 28.2. The van der Waals surface area contributed by atoms with Crippen LogP contribution in [0.25, 0.3) is 27.5 Å². The van der Waals surface area contributed by atoms with Crippen molar-refractivity contribution in [1.82, 2.24) is 14.3 Å². The summed E-state index contributed by atoms with van der Waals surface area (Å²) >= 11 is 0. The molecule has 1 saturated heterocycles. The summed E-state index contributed by atoms with van der Waals surface area (Å²) in [7, 11) is 0. The molecule has 4 aromatic carbocycles. The number of aliphatic hydroxyl groups excluding tert-OH is 2. The highest BCUT2D eigenvalue weighted by Gasteiger charge is 2.18. The molecule has 10 heteroatoms. The summed E-state index contributed by atoms with van der Waals surface area (Å²) in [6, 6.07) is 28.1. The van der Waals surface area contributed by atoms with E-state index in [9.17, 15) is 19.8 Å². The molecule has 0 spiro atoms. The maximum atomic E-state index is 13.0. The van der Waals surface area contributed by atoms with E-state index in [2.05, 4.69) is 20.6 Å². The number of rotatable bonds is 8. The van der Waals surface area contributed by atoms with Crippen LogP contribution < -0.4 is 15.5 Å². The molecule has 2 amide bonds. The number of aromatic nitrogens is 3. The SMILES string of the molecule is O=C(Nc1ccc2c(ccn2CCO)c1)c1ccc(-n2ncc3cc(NC(=O)c4ccc(N5CCC(O)CC5)cc4)ccc32)cc1. The van der Waals surface area contributed by atoms with Gasteiger partial charge in [-0.05, 0) is 104 Å². The molecule has 2 aromatic heterocycles. The lowest BCUT2D eigenvalue weighted by Crippen LogP contribution is -2.35. The number of nitrogens with one attached hydrogen (secondary N) is 2. The molecule has 10 nitrogen and oxygen atoms in total. The van der Waals surface area contributed by atoms with Crippen LogP contribution in [0.15, 0.2) is 103 Å². The Morgan fingerprint density at radius 2 is 1.33 bits per heavy atom. The van der Waals surface area contributed by atoms with Gasteiger partial charge in [-0.25, -0.2) is 4.68 Å². The number of anilines is 3. The van der Waals surface area contributed by atoms with Gasteiger partial charge < -0.3 is 30.3 Å². The van der Waals surface area contributed by atoms with Gasteiger partial charge in [0.2, 0.25) is 0 Å². The number of amides is 2. The Kier molecular flexibility index (Phi) is 7.96. The predicted octanol–water partition coefficient (Wildman–Crippen LogP) is 5.44. The Hall–Kier alpha value is -5.45. The Bertz CT molecular complexity index is 2020. The van der Waals surface area contributed by atoms with Gasteiger partial charge in [0.15, 0.2) is 0 Å². The van der Waals surface area contributed by atoms with Crippen LogP contribution in [-0.2, 0) is 6.54 Å². The Morgan fingerprint density at radius 1 is 0.739 bits per heavy atom. The van der Waals surface area contributed by atoms with Gasteiger partial charge >= 0.3 is 0 Å². The average Bonchev–Trinajstić information content (AvgIpc) is 3.69. The van der Waals surface area contributed by atoms with Crippen molar-refractivity contribution in [2.24, 2.45) is 0 Å². The fourth-order valence-electron chi connectivity index (χ4n) is 6.01. The van der Waals surface area contributed by atoms with Gasteiger partial charge in [0.1, 0.15) is 0 Å². The number of carbonyl (C=O) groups excluding carboxylic acids is 2. The van der Waals surface area contributed by atoms with Crippen LogP contribution in [0.4, 0.5) is 17.1 Å². The van der Waals surface area contributed by atoms with Crippen LogP contribution in [0.2, 0.25) is 0 Å². The highest BCUT2D eigenvalue weighted by Crippen LogP contribution is 2.25. The van der Waals surface area contributed by atoms with Gasteiger partial charge in [0.05, 0.1) is 30.1 Å². The van der Waals surface area contributed by atoms with Crippen molar-refractivity contribution in [1.29, 1.82) is 0 Å². The minimum atomic E-state index is -0.226. The monoisotopic (exact) mass is 614 g/mol. The second-order valence-corrected chi connectivity index (χ2v) is 11.6. The molecule has 4 N–H and O–H groups in total. The van der Waals surface area contributed by atoms with Gasteiger partial charge in [-0.1, -0.05) is 0 Å². The van der Waals surface area contributed by atoms with Crippen LogP contribution in [0.5, 0.6) is 0 Å². The predicted molar refractivity (Wildman–Crippen MR) is 180 cm³/mol. The third-order valence-electron chi connectivity index (χ3n) is 8.53. The summed E-state index contributed by atoms with van der Waals surface area (Å²) in [6.45, 7) is 2.20. The van der Waals surface area contributed by atoms with E-state index in [0.717, 1.165) is 59.1 Å². The van der Waals surface area contributed by atoms with E-state index in [0.29, 0.717) is 29.0 Å². The second kappa shape index (κ2) is 12.5. The summed E-state index contributed by atoms with van der Waals surface area (Å²) in [5.74, 6) is -0.409. The lowest BCUT2D eigenvalue weighted by atomic mass is 10.1. The van der Waals surface area contributed by atoms with Crippen LogP contribution in [0.1, 0.15) is 33.6 Å². The first kappa shape index (κ1) is 29.3. The Labute approximate surface area is 265 Å². The zero-order valence-electron chi connectivity index (χ0n) is 25.1. The summed E-state index contributed by atoms with van der Waals surface area (Å²) in [5, 5.41) is 31.4. The summed E-state index contributed by atoms with van der Waals surface area (Å²) in [6.07, 6.45) is 4.96. The fraction of sp³-hybridized carbons (Fsp3) is 0.194. The van der Waals surface area contributed by atoms with E-state index in [1.54, 1.807) is 23.0 Å². The van der Waals surface area contributed by atoms with Gasteiger partial charge in [0, 0.05) is 70.3 Å². The molecule has 0 radical (unpaired) electrons. The molecule has 232 valence electrons. The largest absolute Gasteiger partial charge is 0.395 e. The molecule has 1 aliphatic rings. The van der Waals surface area contributed by atoms with E-state index < -0.39 is 0 Å². The maximum Gasteiger partial charge on any atom is 0.255 e. The van der Waals surface area contributed by atoms with Crippen molar-refractivity contribution in [2.75, 3.05) is 35.2 Å². The topological polar surface area (TPSA) is 125 Å². The third-order valence-corrected chi connectivity index (χ3v) is 8.53. The van der Waals surface area contributed by atoms with Gasteiger partial charge in [-0.15, -0.1) is 0 Å². The first-order valence-electron chi connectivity index (χ1n) is 15.4. The standard InChI is InChI=1S/C36H34N6O4/c43-20-19-41-16-13-26-21-28(5-11-33(26)41)38-36(46)25-3-9-31(10-4-25)42-34-12-6-29(22-27(34)23-37-42)39-35(45)24-1-7-30(8-2-24)40-17-14-32(44)15-18-40/h1-13,16,21-23,32,43-44H,14-15,17-20H2,(H,38,46)(H,39,45). The number of aliphatic hydroxyl groups is 2. The first-order valence-corrected chi connectivity index (χ1v) is 15.4. The van der Waals surface area contributed by atoms with Crippen molar-refractivity contribution in [3.8, 4) is 5.69 Å². The molecule has 7 rings (SSSR count). The summed E-state index contributed by atoms with van der Waals surface area (Å²) < 4.78 is 3.77. The normalized spacial score (nSPS) is 13.7. The molecule has 1 fully saturated rings. The smallest absolute Gasteiger partial charge is 0.255 e. The molecule has 0 atom stereocenters. The maximum absolute atomic E-state index is 13.0. The Balaban J connectivity index is 1.00. The molecule has 1 aliphatic heterocycles. The van der Waals surface area contributed by atoms with Crippen molar-refractivity contribution in [3.05, 3.63) is 115 Å².